The zero-order chi connectivity index (χ0) is 25.3. The van der Waals surface area contributed by atoms with Gasteiger partial charge in [0.1, 0.15) is 5.75 Å². The molecule has 1 atom stereocenters. The van der Waals surface area contributed by atoms with Crippen LogP contribution in [0.1, 0.15) is 31.0 Å². The molecule has 0 saturated heterocycles. The third-order valence-electron chi connectivity index (χ3n) is 5.72. The highest BCUT2D eigenvalue weighted by Gasteiger charge is 2.33. The molecule has 2 aromatic carbocycles. The van der Waals surface area contributed by atoms with Gasteiger partial charge in [0.15, 0.2) is 4.80 Å². The summed E-state index contributed by atoms with van der Waals surface area (Å²) in [5.41, 5.74) is 3.46. The van der Waals surface area contributed by atoms with E-state index in [-0.39, 0.29) is 12.2 Å². The lowest BCUT2D eigenvalue weighted by Crippen LogP contribution is -2.39. The summed E-state index contributed by atoms with van der Waals surface area (Å²) in [7, 11) is 5.56. The second kappa shape index (κ2) is 10.4. The van der Waals surface area contributed by atoms with Crippen LogP contribution < -0.4 is 24.5 Å². The fourth-order valence-corrected chi connectivity index (χ4v) is 5.79. The van der Waals surface area contributed by atoms with Crippen molar-refractivity contribution < 1.29 is 14.3 Å². The quantitative estimate of drug-likeness (QED) is 0.319. The molecule has 1 aliphatic rings. The van der Waals surface area contributed by atoms with Gasteiger partial charge in [0, 0.05) is 19.8 Å². The number of carbonyl (C=O) groups is 1. The van der Waals surface area contributed by atoms with E-state index in [0.29, 0.717) is 20.6 Å². The first-order valence-corrected chi connectivity index (χ1v) is 12.9. The molecule has 0 aliphatic carbocycles. The molecule has 182 valence electrons. The summed E-state index contributed by atoms with van der Waals surface area (Å²) < 4.78 is 13.8. The largest absolute Gasteiger partial charge is 0.496 e. The summed E-state index contributed by atoms with van der Waals surface area (Å²) in [5, 5.41) is 0. The minimum absolute atomic E-state index is 0.199. The molecule has 0 saturated carbocycles. The van der Waals surface area contributed by atoms with Crippen molar-refractivity contribution >= 4 is 51.7 Å². The SMILES string of the molecule is CCOC(=O)C1=C(C)N=c2sc(=Cc3ccc(OC)c(I)c3)c(=O)n2C1c1ccc(N(C)C)cc1. The number of carbonyl (C=O) groups excluding carboxylic acids is 1. The minimum atomic E-state index is -0.625. The summed E-state index contributed by atoms with van der Waals surface area (Å²) in [4.78, 5) is 33.9. The number of rotatable bonds is 6. The molecule has 0 amide bonds. The van der Waals surface area contributed by atoms with Crippen LogP contribution in [0.2, 0.25) is 0 Å². The average Bonchev–Trinajstić information content (AvgIpc) is 3.12. The van der Waals surface area contributed by atoms with Crippen LogP contribution in [0, 0.1) is 3.57 Å². The Morgan fingerprint density at radius 2 is 1.94 bits per heavy atom. The predicted octanol–water partition coefficient (Wildman–Crippen LogP) is 3.48. The van der Waals surface area contributed by atoms with Gasteiger partial charge in [0.2, 0.25) is 0 Å². The fraction of sp³-hybridized carbons (Fsp3) is 0.269. The molecule has 35 heavy (non-hydrogen) atoms. The lowest BCUT2D eigenvalue weighted by molar-refractivity contribution is -0.139. The van der Waals surface area contributed by atoms with Crippen LogP contribution in [0.4, 0.5) is 5.69 Å². The Labute approximate surface area is 221 Å². The number of ether oxygens (including phenoxy) is 2. The van der Waals surface area contributed by atoms with Crippen molar-refractivity contribution in [3.05, 3.63) is 88.1 Å². The third kappa shape index (κ3) is 4.92. The molecular formula is C26H26IN3O4S. The van der Waals surface area contributed by atoms with Crippen molar-refractivity contribution in [3.63, 3.8) is 0 Å². The van der Waals surface area contributed by atoms with Crippen LogP contribution in [0.15, 0.2) is 63.5 Å². The van der Waals surface area contributed by atoms with Gasteiger partial charge in [0.05, 0.1) is 39.1 Å². The number of fused-ring (bicyclic) bond motifs is 1. The number of methoxy groups -OCH3 is 1. The summed E-state index contributed by atoms with van der Waals surface area (Å²) in [5.74, 6) is 0.314. The van der Waals surface area contributed by atoms with Gasteiger partial charge in [-0.1, -0.05) is 29.5 Å². The number of benzene rings is 2. The van der Waals surface area contributed by atoms with Crippen LogP contribution in [0.25, 0.3) is 6.08 Å². The number of hydrogen-bond donors (Lipinski definition) is 0. The van der Waals surface area contributed by atoms with E-state index >= 15 is 0 Å². The van der Waals surface area contributed by atoms with Gasteiger partial charge in [0.25, 0.3) is 5.56 Å². The maximum atomic E-state index is 13.7. The Kier molecular flexibility index (Phi) is 7.46. The Bertz CT molecular complexity index is 1490. The molecule has 4 rings (SSSR count). The van der Waals surface area contributed by atoms with E-state index in [0.717, 1.165) is 26.1 Å². The molecule has 2 heterocycles. The Morgan fingerprint density at radius 3 is 2.54 bits per heavy atom. The standard InChI is InChI=1S/C26H26IN3O4S/c1-6-34-25(32)22-15(2)28-26-30(23(22)17-8-10-18(11-9-17)29(3)4)24(31)21(35-26)14-16-7-12-20(33-5)19(27)13-16/h7-14,23H,6H2,1-5H3. The number of nitrogens with zero attached hydrogens (tertiary/aromatic N) is 3. The number of thiazole rings is 1. The van der Waals surface area contributed by atoms with Gasteiger partial charge < -0.3 is 14.4 Å². The molecular weight excluding hydrogens is 577 g/mol. The Hall–Kier alpha value is -2.92. The molecule has 9 heteroatoms. The highest BCUT2D eigenvalue weighted by Crippen LogP contribution is 2.31. The van der Waals surface area contributed by atoms with Crippen molar-refractivity contribution in [1.29, 1.82) is 0 Å². The van der Waals surface area contributed by atoms with E-state index in [2.05, 4.69) is 27.6 Å². The molecule has 1 aliphatic heterocycles. The molecule has 0 radical (unpaired) electrons. The lowest BCUT2D eigenvalue weighted by atomic mass is 9.95. The zero-order valence-electron chi connectivity index (χ0n) is 20.2. The number of aromatic nitrogens is 1. The van der Waals surface area contributed by atoms with Crippen LogP contribution in [0.3, 0.4) is 0 Å². The highest BCUT2D eigenvalue weighted by molar-refractivity contribution is 14.1. The van der Waals surface area contributed by atoms with Crippen LogP contribution in [0.5, 0.6) is 5.75 Å². The summed E-state index contributed by atoms with van der Waals surface area (Å²) in [6.45, 7) is 3.79. The van der Waals surface area contributed by atoms with Gasteiger partial charge >= 0.3 is 5.97 Å². The van der Waals surface area contributed by atoms with Crippen molar-refractivity contribution in [2.75, 3.05) is 32.7 Å². The molecule has 0 bridgehead atoms. The summed E-state index contributed by atoms with van der Waals surface area (Å²) in [6, 6.07) is 13.0. The molecule has 3 aromatic rings. The molecule has 7 nitrogen and oxygen atoms in total. The second-order valence-corrected chi connectivity index (χ2v) is 10.4. The molecule has 1 aromatic heterocycles. The molecule has 0 N–H and O–H groups in total. The number of halogens is 1. The second-order valence-electron chi connectivity index (χ2n) is 8.18. The van der Waals surface area contributed by atoms with E-state index in [1.54, 1.807) is 25.5 Å². The first-order valence-electron chi connectivity index (χ1n) is 11.1. The number of hydrogen-bond acceptors (Lipinski definition) is 7. The van der Waals surface area contributed by atoms with Crippen molar-refractivity contribution in [2.24, 2.45) is 4.99 Å². The fourth-order valence-electron chi connectivity index (χ4n) is 3.99. The van der Waals surface area contributed by atoms with Gasteiger partial charge in [-0.05, 0) is 77.9 Å². The average molecular weight is 603 g/mol. The van der Waals surface area contributed by atoms with Crippen molar-refractivity contribution in [2.45, 2.75) is 19.9 Å². The Balaban J connectivity index is 1.91. The van der Waals surface area contributed by atoms with Crippen LogP contribution in [-0.2, 0) is 9.53 Å². The third-order valence-corrected chi connectivity index (χ3v) is 7.54. The zero-order valence-corrected chi connectivity index (χ0v) is 23.1. The van der Waals surface area contributed by atoms with E-state index < -0.39 is 12.0 Å². The maximum absolute atomic E-state index is 13.7. The van der Waals surface area contributed by atoms with Gasteiger partial charge in [-0.3, -0.25) is 9.36 Å². The van der Waals surface area contributed by atoms with Gasteiger partial charge in [-0.15, -0.1) is 0 Å². The maximum Gasteiger partial charge on any atom is 0.338 e. The molecule has 1 unspecified atom stereocenters. The number of anilines is 1. The van der Waals surface area contributed by atoms with E-state index in [1.807, 2.05) is 67.5 Å². The van der Waals surface area contributed by atoms with Crippen molar-refractivity contribution in [3.8, 4) is 5.75 Å². The van der Waals surface area contributed by atoms with E-state index in [9.17, 15) is 9.59 Å². The van der Waals surface area contributed by atoms with Crippen molar-refractivity contribution in [1.82, 2.24) is 4.57 Å². The van der Waals surface area contributed by atoms with Gasteiger partial charge in [-0.2, -0.15) is 0 Å². The smallest absolute Gasteiger partial charge is 0.338 e. The van der Waals surface area contributed by atoms with E-state index in [1.165, 1.54) is 11.3 Å². The molecule has 0 spiro atoms. The number of allylic oxidation sites excluding steroid dienone is 1. The normalized spacial score (nSPS) is 15.5. The highest BCUT2D eigenvalue weighted by atomic mass is 127. The van der Waals surface area contributed by atoms with E-state index in [4.69, 9.17) is 9.47 Å². The van der Waals surface area contributed by atoms with Crippen LogP contribution >= 0.6 is 33.9 Å². The van der Waals surface area contributed by atoms with Crippen LogP contribution in [-0.4, -0.2) is 38.3 Å². The number of esters is 1. The minimum Gasteiger partial charge on any atom is -0.496 e. The summed E-state index contributed by atoms with van der Waals surface area (Å²) >= 11 is 3.52. The first kappa shape index (κ1) is 25.2. The first-order chi connectivity index (χ1) is 16.7. The molecule has 0 fully saturated rings. The van der Waals surface area contributed by atoms with Gasteiger partial charge in [-0.25, -0.2) is 9.79 Å². The summed E-state index contributed by atoms with van der Waals surface area (Å²) in [6.07, 6.45) is 1.85. The topological polar surface area (TPSA) is 73.1 Å². The lowest BCUT2D eigenvalue weighted by Gasteiger charge is -2.25. The monoisotopic (exact) mass is 603 g/mol. The predicted molar refractivity (Wildman–Crippen MR) is 147 cm³/mol. The Morgan fingerprint density at radius 1 is 1.23 bits per heavy atom.